The van der Waals surface area contributed by atoms with Crippen molar-refractivity contribution in [2.45, 2.75) is 38.3 Å². The zero-order chi connectivity index (χ0) is 14.1. The van der Waals surface area contributed by atoms with Crippen molar-refractivity contribution >= 4 is 34.8 Å². The fraction of sp³-hybridized carbons (Fsp3) is 0.500. The summed E-state index contributed by atoms with van der Waals surface area (Å²) in [6, 6.07) is 2.49. The first-order valence-corrected chi connectivity index (χ1v) is 6.54. The molecule has 102 valence electrons. The van der Waals surface area contributed by atoms with Crippen LogP contribution in [0.4, 0.5) is 13.2 Å². The van der Waals surface area contributed by atoms with Crippen molar-refractivity contribution in [2.75, 3.05) is 0 Å². The predicted octanol–water partition coefficient (Wildman–Crippen LogP) is 6.27. The van der Waals surface area contributed by atoms with Crippen molar-refractivity contribution in [3.05, 3.63) is 32.8 Å². The van der Waals surface area contributed by atoms with Gasteiger partial charge in [-0.2, -0.15) is 13.2 Å². The summed E-state index contributed by atoms with van der Waals surface area (Å²) < 4.78 is 39.9. The predicted molar refractivity (Wildman–Crippen MR) is 69.8 cm³/mol. The van der Waals surface area contributed by atoms with E-state index < -0.39 is 11.6 Å². The van der Waals surface area contributed by atoms with Crippen LogP contribution in [0.5, 0.6) is 0 Å². The summed E-state index contributed by atoms with van der Waals surface area (Å²) >= 11 is 17.4. The molecule has 0 aliphatic heterocycles. The SMILES string of the molecule is CCC(CC)(c1cc(Cl)c(Cl)c(Cl)c1)C(F)(F)F. The summed E-state index contributed by atoms with van der Waals surface area (Å²) in [6.45, 7) is 2.99. The second-order valence-electron chi connectivity index (χ2n) is 4.04. The van der Waals surface area contributed by atoms with E-state index in [0.717, 1.165) is 0 Å². The number of hydrogen-bond donors (Lipinski definition) is 0. The molecule has 0 unspecified atom stereocenters. The Bertz CT molecular complexity index is 414. The first-order valence-electron chi connectivity index (χ1n) is 5.41. The lowest BCUT2D eigenvalue weighted by atomic mass is 9.75. The fourth-order valence-electron chi connectivity index (χ4n) is 2.05. The molecule has 1 rings (SSSR count). The van der Waals surface area contributed by atoms with Crippen molar-refractivity contribution in [2.24, 2.45) is 0 Å². The average molecular weight is 320 g/mol. The highest BCUT2D eigenvalue weighted by atomic mass is 35.5. The summed E-state index contributed by atoms with van der Waals surface area (Å²) in [4.78, 5) is 0. The minimum absolute atomic E-state index is 0.0368. The zero-order valence-electron chi connectivity index (χ0n) is 9.84. The van der Waals surface area contributed by atoms with Crippen molar-refractivity contribution in [3.8, 4) is 0 Å². The van der Waals surface area contributed by atoms with Crippen LogP contribution in [0.25, 0.3) is 0 Å². The van der Waals surface area contributed by atoms with E-state index >= 15 is 0 Å². The Labute approximate surface area is 119 Å². The van der Waals surface area contributed by atoms with Crippen LogP contribution in [0, 0.1) is 0 Å². The van der Waals surface area contributed by atoms with E-state index in [0.29, 0.717) is 0 Å². The molecule has 0 amide bonds. The van der Waals surface area contributed by atoms with E-state index in [1.54, 1.807) is 0 Å². The molecule has 0 atom stereocenters. The van der Waals surface area contributed by atoms with Crippen molar-refractivity contribution in [1.82, 2.24) is 0 Å². The van der Waals surface area contributed by atoms with E-state index in [-0.39, 0.29) is 33.5 Å². The molecule has 0 saturated heterocycles. The molecule has 0 aliphatic rings. The number of rotatable bonds is 3. The van der Waals surface area contributed by atoms with Gasteiger partial charge in [0, 0.05) is 0 Å². The molecule has 0 bridgehead atoms. The summed E-state index contributed by atoms with van der Waals surface area (Å²) in [6.07, 6.45) is -4.53. The topological polar surface area (TPSA) is 0 Å². The quantitative estimate of drug-likeness (QED) is 0.576. The van der Waals surface area contributed by atoms with Crippen molar-refractivity contribution in [3.63, 3.8) is 0 Å². The first-order chi connectivity index (χ1) is 8.19. The Morgan fingerprint density at radius 3 is 1.61 bits per heavy atom. The third-order valence-electron chi connectivity index (χ3n) is 3.29. The summed E-state index contributed by atoms with van der Waals surface area (Å²) in [7, 11) is 0. The second kappa shape index (κ2) is 5.48. The van der Waals surface area contributed by atoms with Crippen LogP contribution in [0.2, 0.25) is 15.1 Å². The Kier molecular flexibility index (Phi) is 4.85. The van der Waals surface area contributed by atoms with Crippen LogP contribution < -0.4 is 0 Å². The highest BCUT2D eigenvalue weighted by molar-refractivity contribution is 6.48. The standard InChI is InChI=1S/C12H12Cl3F3/c1-3-11(4-2,12(16,17)18)7-5-8(13)10(15)9(14)6-7/h5-6H,3-4H2,1-2H3. The Morgan fingerprint density at radius 1 is 0.944 bits per heavy atom. The molecular weight excluding hydrogens is 307 g/mol. The van der Waals surface area contributed by atoms with E-state index in [1.807, 2.05) is 0 Å². The van der Waals surface area contributed by atoms with Gasteiger partial charge in [-0.05, 0) is 30.5 Å². The van der Waals surface area contributed by atoms with E-state index in [4.69, 9.17) is 34.8 Å². The second-order valence-corrected chi connectivity index (χ2v) is 5.23. The van der Waals surface area contributed by atoms with Gasteiger partial charge in [-0.1, -0.05) is 48.7 Å². The number of hydrogen-bond acceptors (Lipinski definition) is 0. The van der Waals surface area contributed by atoms with Gasteiger partial charge in [0.25, 0.3) is 0 Å². The maximum atomic E-state index is 13.3. The minimum Gasteiger partial charge on any atom is -0.170 e. The number of benzene rings is 1. The number of halogens is 6. The molecule has 0 radical (unpaired) electrons. The van der Waals surface area contributed by atoms with E-state index in [1.165, 1.54) is 26.0 Å². The Balaban J connectivity index is 3.49. The van der Waals surface area contributed by atoms with Crippen LogP contribution >= 0.6 is 34.8 Å². The molecule has 0 spiro atoms. The molecule has 0 aliphatic carbocycles. The van der Waals surface area contributed by atoms with Crippen LogP contribution in [0.1, 0.15) is 32.3 Å². The maximum absolute atomic E-state index is 13.3. The molecule has 0 heterocycles. The zero-order valence-corrected chi connectivity index (χ0v) is 12.1. The van der Waals surface area contributed by atoms with Gasteiger partial charge in [0.1, 0.15) is 0 Å². The van der Waals surface area contributed by atoms with E-state index in [2.05, 4.69) is 0 Å². The lowest BCUT2D eigenvalue weighted by Crippen LogP contribution is -2.41. The molecule has 18 heavy (non-hydrogen) atoms. The fourth-order valence-corrected chi connectivity index (χ4v) is 2.65. The number of alkyl halides is 3. The lowest BCUT2D eigenvalue weighted by molar-refractivity contribution is -0.193. The molecule has 1 aromatic carbocycles. The Morgan fingerprint density at radius 2 is 1.33 bits per heavy atom. The summed E-state index contributed by atoms with van der Waals surface area (Å²) in [5, 5.41) is 0.148. The normalized spacial score (nSPS) is 12.9. The van der Waals surface area contributed by atoms with Gasteiger partial charge in [0.15, 0.2) is 0 Å². The van der Waals surface area contributed by atoms with E-state index in [9.17, 15) is 13.2 Å². The molecule has 0 N–H and O–H groups in total. The van der Waals surface area contributed by atoms with Gasteiger partial charge < -0.3 is 0 Å². The minimum atomic E-state index is -4.36. The lowest BCUT2D eigenvalue weighted by Gasteiger charge is -2.34. The molecule has 6 heteroatoms. The average Bonchev–Trinajstić information content (AvgIpc) is 2.26. The molecule has 0 nitrogen and oxygen atoms in total. The highest BCUT2D eigenvalue weighted by Gasteiger charge is 2.53. The third kappa shape index (κ3) is 2.59. The van der Waals surface area contributed by atoms with Gasteiger partial charge in [0.05, 0.1) is 20.5 Å². The van der Waals surface area contributed by atoms with Gasteiger partial charge in [0.2, 0.25) is 0 Å². The smallest absolute Gasteiger partial charge is 0.170 e. The molecule has 1 aromatic rings. The first kappa shape index (κ1) is 15.9. The van der Waals surface area contributed by atoms with Crippen molar-refractivity contribution < 1.29 is 13.2 Å². The van der Waals surface area contributed by atoms with Crippen LogP contribution in [-0.2, 0) is 5.41 Å². The van der Waals surface area contributed by atoms with Gasteiger partial charge in [-0.3, -0.25) is 0 Å². The van der Waals surface area contributed by atoms with Gasteiger partial charge >= 0.3 is 6.18 Å². The van der Waals surface area contributed by atoms with Crippen LogP contribution in [0.15, 0.2) is 12.1 Å². The summed E-state index contributed by atoms with van der Waals surface area (Å²) in [5.74, 6) is 0. The summed E-state index contributed by atoms with van der Waals surface area (Å²) in [5.41, 5.74) is -1.88. The highest BCUT2D eigenvalue weighted by Crippen LogP contribution is 2.48. The van der Waals surface area contributed by atoms with Crippen LogP contribution in [-0.4, -0.2) is 6.18 Å². The van der Waals surface area contributed by atoms with Crippen molar-refractivity contribution in [1.29, 1.82) is 0 Å². The maximum Gasteiger partial charge on any atom is 0.398 e. The third-order valence-corrected chi connectivity index (χ3v) is 4.48. The van der Waals surface area contributed by atoms with Crippen LogP contribution in [0.3, 0.4) is 0 Å². The largest absolute Gasteiger partial charge is 0.398 e. The Hall–Kier alpha value is -0.120. The molecule has 0 saturated carbocycles. The molecular formula is C12H12Cl3F3. The molecule has 0 fully saturated rings. The monoisotopic (exact) mass is 318 g/mol. The van der Waals surface area contributed by atoms with Gasteiger partial charge in [-0.25, -0.2) is 0 Å². The van der Waals surface area contributed by atoms with Gasteiger partial charge in [-0.15, -0.1) is 0 Å². The molecule has 0 aromatic heterocycles.